The van der Waals surface area contributed by atoms with Crippen molar-refractivity contribution >= 4 is 23.5 Å². The number of rotatable bonds is 5. The number of aromatic nitrogens is 6. The van der Waals surface area contributed by atoms with E-state index in [0.717, 1.165) is 11.5 Å². The predicted octanol–water partition coefficient (Wildman–Crippen LogP) is 1.95. The highest BCUT2D eigenvalue weighted by Crippen LogP contribution is 2.18. The Morgan fingerprint density at radius 3 is 1.67 bits per heavy atom. The summed E-state index contributed by atoms with van der Waals surface area (Å²) in [5.41, 5.74) is 1.35. The number of nitrogens with zero attached hydrogens (tertiary/aromatic N) is 6. The molecule has 0 atom stereocenters. The second-order valence-electron chi connectivity index (χ2n) is 3.11. The molecule has 0 saturated heterocycles. The van der Waals surface area contributed by atoms with Gasteiger partial charge < -0.3 is 0 Å². The molecule has 8 heteroatoms. The number of hydrogen-bond acceptors (Lipinski definition) is 8. The lowest BCUT2D eigenvalue weighted by atomic mass is 10.3. The summed E-state index contributed by atoms with van der Waals surface area (Å²) in [6.07, 6.45) is 3.17. The highest BCUT2D eigenvalue weighted by atomic mass is 32.2. The van der Waals surface area contributed by atoms with Crippen molar-refractivity contribution in [2.24, 2.45) is 0 Å². The molecular formula is C10H12N6S2. The smallest absolute Gasteiger partial charge is 0.209 e. The Hall–Kier alpha value is -1.28. The van der Waals surface area contributed by atoms with Gasteiger partial charge in [0.2, 0.25) is 10.3 Å². The van der Waals surface area contributed by atoms with E-state index in [2.05, 4.69) is 30.4 Å². The van der Waals surface area contributed by atoms with E-state index in [1.54, 1.807) is 35.9 Å². The maximum Gasteiger partial charge on any atom is 0.209 e. The van der Waals surface area contributed by atoms with Crippen molar-refractivity contribution in [3.05, 3.63) is 12.4 Å². The fourth-order valence-electron chi connectivity index (χ4n) is 1.20. The lowest BCUT2D eigenvalue weighted by Crippen LogP contribution is -1.98. The summed E-state index contributed by atoms with van der Waals surface area (Å²) in [6.45, 7) is 4.09. The second kappa shape index (κ2) is 6.60. The van der Waals surface area contributed by atoms with Gasteiger partial charge in [-0.2, -0.15) is 10.2 Å². The second-order valence-corrected chi connectivity index (χ2v) is 5.58. The van der Waals surface area contributed by atoms with Crippen LogP contribution < -0.4 is 0 Å². The van der Waals surface area contributed by atoms with Crippen LogP contribution in [0.2, 0.25) is 0 Å². The first-order valence-corrected chi connectivity index (χ1v) is 7.46. The normalized spacial score (nSPS) is 10.6. The van der Waals surface area contributed by atoms with Crippen LogP contribution in [0.15, 0.2) is 22.7 Å². The molecule has 2 heterocycles. The fourth-order valence-corrected chi connectivity index (χ4v) is 2.25. The molecule has 18 heavy (non-hydrogen) atoms. The summed E-state index contributed by atoms with van der Waals surface area (Å²) in [5.74, 6) is 1.81. The summed E-state index contributed by atoms with van der Waals surface area (Å²) >= 11 is 3.09. The molecule has 0 radical (unpaired) electrons. The maximum atomic E-state index is 4.38. The molecule has 6 nitrogen and oxygen atoms in total. The van der Waals surface area contributed by atoms with Crippen molar-refractivity contribution in [1.82, 2.24) is 30.4 Å². The van der Waals surface area contributed by atoms with Crippen LogP contribution in [0.5, 0.6) is 0 Å². The first-order chi connectivity index (χ1) is 8.83. The van der Waals surface area contributed by atoms with Crippen molar-refractivity contribution < 1.29 is 0 Å². The first-order valence-electron chi connectivity index (χ1n) is 5.49. The van der Waals surface area contributed by atoms with E-state index < -0.39 is 0 Å². The van der Waals surface area contributed by atoms with Crippen LogP contribution in [0.25, 0.3) is 11.4 Å². The van der Waals surface area contributed by atoms with Gasteiger partial charge in [0.25, 0.3) is 0 Å². The van der Waals surface area contributed by atoms with E-state index in [4.69, 9.17) is 0 Å². The Morgan fingerprint density at radius 1 is 0.833 bits per heavy atom. The Bertz CT molecular complexity index is 474. The summed E-state index contributed by atoms with van der Waals surface area (Å²) in [5, 5.41) is 17.0. The molecule has 2 rings (SSSR count). The van der Waals surface area contributed by atoms with Gasteiger partial charge in [-0.3, -0.25) is 0 Å². The topological polar surface area (TPSA) is 77.3 Å². The van der Waals surface area contributed by atoms with Crippen LogP contribution in [0.3, 0.4) is 0 Å². The molecule has 0 amide bonds. The van der Waals surface area contributed by atoms with E-state index in [1.165, 1.54) is 0 Å². The standard InChI is InChI=1S/C10H12N6S2/c1-3-17-9-13-7(5-11-15-9)8-6-12-16-10(14-8)18-4-2/h5-6H,3-4H2,1-2H3. The van der Waals surface area contributed by atoms with Crippen LogP contribution in [-0.4, -0.2) is 41.9 Å². The van der Waals surface area contributed by atoms with Crippen molar-refractivity contribution in [1.29, 1.82) is 0 Å². The average Bonchev–Trinajstić information content (AvgIpc) is 2.40. The summed E-state index contributed by atoms with van der Waals surface area (Å²) in [7, 11) is 0. The fraction of sp³-hybridized carbons (Fsp3) is 0.400. The monoisotopic (exact) mass is 280 g/mol. The molecule has 0 bridgehead atoms. The summed E-state index contributed by atoms with van der Waals surface area (Å²) in [4.78, 5) is 8.77. The molecule has 0 aliphatic carbocycles. The van der Waals surface area contributed by atoms with Crippen molar-refractivity contribution in [3.8, 4) is 11.4 Å². The molecule has 0 aliphatic rings. The van der Waals surface area contributed by atoms with Gasteiger partial charge >= 0.3 is 0 Å². The first kappa shape index (κ1) is 13.2. The minimum absolute atomic E-state index is 0.651. The molecule has 2 aromatic rings. The zero-order chi connectivity index (χ0) is 12.8. The minimum Gasteiger partial charge on any atom is -0.218 e. The van der Waals surface area contributed by atoms with Gasteiger partial charge in [0, 0.05) is 0 Å². The Kier molecular flexibility index (Phi) is 4.82. The van der Waals surface area contributed by atoms with Crippen LogP contribution >= 0.6 is 23.5 Å². The van der Waals surface area contributed by atoms with Crippen LogP contribution in [0.4, 0.5) is 0 Å². The molecule has 94 valence electrons. The van der Waals surface area contributed by atoms with Crippen molar-refractivity contribution in [2.45, 2.75) is 24.2 Å². The largest absolute Gasteiger partial charge is 0.218 e. The molecular weight excluding hydrogens is 268 g/mol. The third kappa shape index (κ3) is 3.36. The Balaban J connectivity index is 2.29. The summed E-state index contributed by atoms with van der Waals surface area (Å²) in [6, 6.07) is 0. The predicted molar refractivity (Wildman–Crippen MR) is 71.4 cm³/mol. The number of hydrogen-bond donors (Lipinski definition) is 0. The van der Waals surface area contributed by atoms with Crippen LogP contribution in [0, 0.1) is 0 Å². The summed E-state index contributed by atoms with van der Waals surface area (Å²) < 4.78 is 0. The van der Waals surface area contributed by atoms with Gasteiger partial charge in [-0.15, -0.1) is 10.2 Å². The van der Waals surface area contributed by atoms with Gasteiger partial charge in [-0.25, -0.2) is 9.97 Å². The van der Waals surface area contributed by atoms with Crippen LogP contribution in [-0.2, 0) is 0 Å². The highest BCUT2D eigenvalue weighted by Gasteiger charge is 2.07. The minimum atomic E-state index is 0.651. The lowest BCUT2D eigenvalue weighted by Gasteiger charge is -2.01. The van der Waals surface area contributed by atoms with Crippen LogP contribution in [0.1, 0.15) is 13.8 Å². The maximum absolute atomic E-state index is 4.38. The van der Waals surface area contributed by atoms with E-state index in [-0.39, 0.29) is 0 Å². The van der Waals surface area contributed by atoms with E-state index >= 15 is 0 Å². The average molecular weight is 280 g/mol. The quantitative estimate of drug-likeness (QED) is 0.769. The molecule has 0 spiro atoms. The van der Waals surface area contributed by atoms with Gasteiger partial charge in [0.15, 0.2) is 0 Å². The van der Waals surface area contributed by atoms with E-state index in [0.29, 0.717) is 21.7 Å². The zero-order valence-corrected chi connectivity index (χ0v) is 11.7. The molecule has 0 N–H and O–H groups in total. The SMILES string of the molecule is CCSc1nncc(-c2cnnc(SCC)n2)n1. The molecule has 0 aromatic carbocycles. The zero-order valence-electron chi connectivity index (χ0n) is 10.1. The van der Waals surface area contributed by atoms with Crippen molar-refractivity contribution in [3.63, 3.8) is 0 Å². The molecule has 0 fully saturated rings. The van der Waals surface area contributed by atoms with E-state index in [1.807, 2.05) is 13.8 Å². The number of thioether (sulfide) groups is 2. The van der Waals surface area contributed by atoms with Gasteiger partial charge in [-0.05, 0) is 11.5 Å². The Labute approximate surface area is 113 Å². The van der Waals surface area contributed by atoms with Gasteiger partial charge in [-0.1, -0.05) is 37.4 Å². The Morgan fingerprint density at radius 2 is 1.28 bits per heavy atom. The van der Waals surface area contributed by atoms with Gasteiger partial charge in [0.05, 0.1) is 12.4 Å². The highest BCUT2D eigenvalue weighted by molar-refractivity contribution is 7.99. The lowest BCUT2D eigenvalue weighted by molar-refractivity contribution is 0.816. The molecule has 2 aromatic heterocycles. The third-order valence-corrected chi connectivity index (χ3v) is 3.33. The molecule has 0 aliphatic heterocycles. The molecule has 0 saturated carbocycles. The van der Waals surface area contributed by atoms with E-state index in [9.17, 15) is 0 Å². The van der Waals surface area contributed by atoms with Crippen molar-refractivity contribution in [2.75, 3.05) is 11.5 Å². The third-order valence-electron chi connectivity index (χ3n) is 1.89. The van der Waals surface area contributed by atoms with Gasteiger partial charge in [0.1, 0.15) is 11.4 Å². The molecule has 0 unspecified atom stereocenters.